The van der Waals surface area contributed by atoms with Crippen LogP contribution in [0.15, 0.2) is 16.6 Å². The van der Waals surface area contributed by atoms with Gasteiger partial charge in [-0.05, 0) is 62.9 Å². The van der Waals surface area contributed by atoms with Gasteiger partial charge >= 0.3 is 0 Å². The molecule has 1 heterocycles. The third-order valence-electron chi connectivity index (χ3n) is 3.86. The van der Waals surface area contributed by atoms with Crippen LogP contribution in [0.3, 0.4) is 0 Å². The van der Waals surface area contributed by atoms with Crippen LogP contribution < -0.4 is 16.4 Å². The van der Waals surface area contributed by atoms with Crippen LogP contribution in [0.4, 0.5) is 11.4 Å². The molecule has 1 fully saturated rings. The van der Waals surface area contributed by atoms with Crippen LogP contribution in [0.5, 0.6) is 0 Å². The molecular weight excluding hydrogens is 318 g/mol. The predicted molar refractivity (Wildman–Crippen MR) is 86.7 cm³/mol. The molecule has 4 N–H and O–H groups in total. The lowest BCUT2D eigenvalue weighted by Gasteiger charge is -2.22. The molecule has 0 aromatic heterocycles. The van der Waals surface area contributed by atoms with Crippen LogP contribution in [0.1, 0.15) is 31.2 Å². The van der Waals surface area contributed by atoms with Gasteiger partial charge in [0.15, 0.2) is 0 Å². The molecule has 1 aliphatic heterocycles. The van der Waals surface area contributed by atoms with Crippen molar-refractivity contribution in [2.24, 2.45) is 5.92 Å². The zero-order valence-corrected chi connectivity index (χ0v) is 13.4. The zero-order chi connectivity index (χ0) is 14.5. The fraction of sp³-hybridized carbons (Fsp3) is 0.533. The number of halogens is 1. The molecule has 5 heteroatoms. The molecule has 0 atom stereocenters. The Morgan fingerprint density at radius 3 is 2.85 bits per heavy atom. The number of hydrogen-bond donors (Lipinski definition) is 3. The fourth-order valence-electron chi connectivity index (χ4n) is 2.58. The Kier molecular flexibility index (Phi) is 5.43. The van der Waals surface area contributed by atoms with E-state index in [9.17, 15) is 4.79 Å². The summed E-state index contributed by atoms with van der Waals surface area (Å²) in [5.74, 6) is 0.719. The molecule has 1 aliphatic rings. The normalized spacial score (nSPS) is 16.1. The van der Waals surface area contributed by atoms with Crippen LogP contribution in [0, 0.1) is 12.8 Å². The Bertz CT molecular complexity index is 484. The third-order valence-corrected chi connectivity index (χ3v) is 4.32. The van der Waals surface area contributed by atoms with Crippen molar-refractivity contribution >= 4 is 33.2 Å². The van der Waals surface area contributed by atoms with Crippen molar-refractivity contribution in [3.8, 4) is 0 Å². The lowest BCUT2D eigenvalue weighted by molar-refractivity contribution is -0.116. The number of nitrogen functional groups attached to an aromatic ring is 1. The minimum absolute atomic E-state index is 0.0488. The van der Waals surface area contributed by atoms with Gasteiger partial charge in [0.25, 0.3) is 0 Å². The lowest BCUT2D eigenvalue weighted by atomic mass is 9.93. The van der Waals surface area contributed by atoms with E-state index in [1.165, 1.54) is 12.8 Å². The molecule has 110 valence electrons. The van der Waals surface area contributed by atoms with E-state index in [2.05, 4.69) is 26.6 Å². The van der Waals surface area contributed by atoms with Gasteiger partial charge in [-0.2, -0.15) is 0 Å². The van der Waals surface area contributed by atoms with Crippen molar-refractivity contribution < 1.29 is 4.79 Å². The van der Waals surface area contributed by atoms with Crippen LogP contribution >= 0.6 is 15.9 Å². The summed E-state index contributed by atoms with van der Waals surface area (Å²) in [4.78, 5) is 12.0. The molecule has 4 nitrogen and oxygen atoms in total. The van der Waals surface area contributed by atoms with Crippen LogP contribution in [0.2, 0.25) is 0 Å². The lowest BCUT2D eigenvalue weighted by Crippen LogP contribution is -2.28. The van der Waals surface area contributed by atoms with Gasteiger partial charge in [-0.1, -0.05) is 15.9 Å². The average molecular weight is 340 g/mol. The number of anilines is 2. The second kappa shape index (κ2) is 7.09. The summed E-state index contributed by atoms with van der Waals surface area (Å²) >= 11 is 3.42. The third kappa shape index (κ3) is 4.21. The Morgan fingerprint density at radius 1 is 1.45 bits per heavy atom. The second-order valence-corrected chi connectivity index (χ2v) is 6.38. The van der Waals surface area contributed by atoms with Crippen molar-refractivity contribution in [1.29, 1.82) is 0 Å². The predicted octanol–water partition coefficient (Wildman–Crippen LogP) is 3.06. The van der Waals surface area contributed by atoms with Gasteiger partial charge in [0.2, 0.25) is 5.91 Å². The van der Waals surface area contributed by atoms with E-state index in [4.69, 9.17) is 5.73 Å². The van der Waals surface area contributed by atoms with E-state index in [0.29, 0.717) is 23.7 Å². The number of hydrogen-bond acceptors (Lipinski definition) is 3. The number of benzene rings is 1. The molecule has 1 aromatic carbocycles. The maximum Gasteiger partial charge on any atom is 0.224 e. The van der Waals surface area contributed by atoms with Crippen LogP contribution in [0.25, 0.3) is 0 Å². The van der Waals surface area contributed by atoms with Gasteiger partial charge in [0.05, 0.1) is 11.4 Å². The highest BCUT2D eigenvalue weighted by Crippen LogP contribution is 2.28. The molecule has 0 saturated carbocycles. The number of aryl methyl sites for hydroxylation is 1. The average Bonchev–Trinajstić information content (AvgIpc) is 2.43. The topological polar surface area (TPSA) is 67.2 Å². The van der Waals surface area contributed by atoms with E-state index >= 15 is 0 Å². The van der Waals surface area contributed by atoms with Gasteiger partial charge in [0.1, 0.15) is 0 Å². The molecule has 0 aliphatic carbocycles. The summed E-state index contributed by atoms with van der Waals surface area (Å²) in [5, 5.41) is 6.26. The molecule has 1 saturated heterocycles. The molecule has 1 aromatic rings. The minimum Gasteiger partial charge on any atom is -0.397 e. The van der Waals surface area contributed by atoms with E-state index in [-0.39, 0.29) is 5.91 Å². The summed E-state index contributed by atoms with van der Waals surface area (Å²) in [5.41, 5.74) is 8.30. The van der Waals surface area contributed by atoms with Crippen molar-refractivity contribution in [1.82, 2.24) is 5.32 Å². The Hall–Kier alpha value is -1.07. The summed E-state index contributed by atoms with van der Waals surface area (Å²) in [6, 6.07) is 3.80. The first-order chi connectivity index (χ1) is 9.56. The number of nitrogens with two attached hydrogens (primary N) is 1. The molecule has 0 unspecified atom stereocenters. The van der Waals surface area contributed by atoms with Crippen molar-refractivity contribution in [2.45, 2.75) is 32.6 Å². The maximum atomic E-state index is 12.0. The zero-order valence-electron chi connectivity index (χ0n) is 11.8. The Labute approximate surface area is 128 Å². The molecule has 1 amide bonds. The number of rotatable bonds is 4. The molecule has 0 bridgehead atoms. The molecule has 0 radical (unpaired) electrons. The highest BCUT2D eigenvalue weighted by Gasteiger charge is 2.15. The number of piperidine rings is 1. The van der Waals surface area contributed by atoms with Gasteiger partial charge in [-0.25, -0.2) is 0 Å². The standard InChI is InChI=1S/C15H22BrN3O/c1-10-8-12(16)9-13(15(10)17)19-14(20)3-2-11-4-6-18-7-5-11/h8-9,11,18H,2-7,17H2,1H3,(H,19,20). The summed E-state index contributed by atoms with van der Waals surface area (Å²) < 4.78 is 0.929. The number of carbonyl (C=O) groups excluding carboxylic acids is 1. The van der Waals surface area contributed by atoms with Crippen molar-refractivity contribution in [3.63, 3.8) is 0 Å². The van der Waals surface area contributed by atoms with Gasteiger partial charge in [-0.15, -0.1) is 0 Å². The summed E-state index contributed by atoms with van der Waals surface area (Å²) in [7, 11) is 0. The smallest absolute Gasteiger partial charge is 0.224 e. The van der Waals surface area contributed by atoms with Crippen LogP contribution in [-0.4, -0.2) is 19.0 Å². The minimum atomic E-state index is 0.0488. The largest absolute Gasteiger partial charge is 0.397 e. The molecular formula is C15H22BrN3O. The summed E-state index contributed by atoms with van der Waals surface area (Å²) in [6.45, 7) is 4.08. The molecule has 0 spiro atoms. The first-order valence-corrected chi connectivity index (χ1v) is 7.91. The Balaban J connectivity index is 1.88. The number of nitrogens with one attached hydrogen (secondary N) is 2. The molecule has 2 rings (SSSR count). The number of amides is 1. The Morgan fingerprint density at radius 2 is 2.15 bits per heavy atom. The highest BCUT2D eigenvalue weighted by atomic mass is 79.9. The van der Waals surface area contributed by atoms with Gasteiger partial charge < -0.3 is 16.4 Å². The van der Waals surface area contributed by atoms with Gasteiger partial charge in [-0.3, -0.25) is 4.79 Å². The first kappa shape index (κ1) is 15.3. The van der Waals surface area contributed by atoms with Crippen LogP contribution in [-0.2, 0) is 4.79 Å². The fourth-order valence-corrected chi connectivity index (χ4v) is 3.15. The van der Waals surface area contributed by atoms with Crippen molar-refractivity contribution in [3.05, 3.63) is 22.2 Å². The molecule has 20 heavy (non-hydrogen) atoms. The van der Waals surface area contributed by atoms with Crippen molar-refractivity contribution in [2.75, 3.05) is 24.1 Å². The van der Waals surface area contributed by atoms with E-state index < -0.39 is 0 Å². The maximum absolute atomic E-state index is 12.0. The van der Waals surface area contributed by atoms with E-state index in [0.717, 1.165) is 29.5 Å². The quantitative estimate of drug-likeness (QED) is 0.738. The van der Waals surface area contributed by atoms with E-state index in [1.807, 2.05) is 19.1 Å². The van der Waals surface area contributed by atoms with Gasteiger partial charge in [0, 0.05) is 10.9 Å². The highest BCUT2D eigenvalue weighted by molar-refractivity contribution is 9.10. The monoisotopic (exact) mass is 339 g/mol. The SMILES string of the molecule is Cc1cc(Br)cc(NC(=O)CCC2CCNCC2)c1N. The number of carbonyl (C=O) groups is 1. The summed E-state index contributed by atoms with van der Waals surface area (Å²) in [6.07, 6.45) is 3.87. The second-order valence-electron chi connectivity index (χ2n) is 5.46. The van der Waals surface area contributed by atoms with E-state index in [1.54, 1.807) is 0 Å². The first-order valence-electron chi connectivity index (χ1n) is 7.12.